The van der Waals surface area contributed by atoms with Gasteiger partial charge in [-0.3, -0.25) is 4.79 Å². The molecule has 6 nitrogen and oxygen atoms in total. The van der Waals surface area contributed by atoms with Gasteiger partial charge in [-0.2, -0.15) is 0 Å². The number of hydrogen-bond acceptors (Lipinski definition) is 5. The second-order valence-corrected chi connectivity index (χ2v) is 7.91. The molecule has 0 bridgehead atoms. The SMILES string of the molecule is Cc1ccc2c(c1)SC(C(=O)NCc1cccc(-n3cc(CN)nn3)c1)C2.Cl. The highest BCUT2D eigenvalue weighted by atomic mass is 35.5. The average molecular weight is 416 g/mol. The number of hydrogen-bond donors (Lipinski definition) is 2. The van der Waals surface area contributed by atoms with E-state index in [0.29, 0.717) is 13.1 Å². The Morgan fingerprint density at radius 3 is 2.96 bits per heavy atom. The fraction of sp³-hybridized carbons (Fsp3) is 0.250. The molecule has 4 rings (SSSR count). The number of benzene rings is 2. The number of thioether (sulfide) groups is 1. The predicted molar refractivity (Wildman–Crippen MR) is 113 cm³/mol. The third kappa shape index (κ3) is 4.38. The normalized spacial score (nSPS) is 15.0. The summed E-state index contributed by atoms with van der Waals surface area (Å²) in [4.78, 5) is 13.8. The Hall–Kier alpha value is -2.35. The zero-order chi connectivity index (χ0) is 18.8. The first-order valence-electron chi connectivity index (χ1n) is 8.87. The van der Waals surface area contributed by atoms with Crippen LogP contribution >= 0.6 is 24.2 Å². The summed E-state index contributed by atoms with van der Waals surface area (Å²) in [5.41, 5.74) is 10.7. The van der Waals surface area contributed by atoms with Gasteiger partial charge in [0.1, 0.15) is 0 Å². The first-order chi connectivity index (χ1) is 13.1. The Labute approximate surface area is 174 Å². The second kappa shape index (κ2) is 8.77. The van der Waals surface area contributed by atoms with Gasteiger partial charge in [-0.15, -0.1) is 29.3 Å². The first-order valence-corrected chi connectivity index (χ1v) is 9.75. The second-order valence-electron chi connectivity index (χ2n) is 6.67. The Kier molecular flexibility index (Phi) is 6.39. The van der Waals surface area contributed by atoms with Gasteiger partial charge in [0.15, 0.2) is 0 Å². The summed E-state index contributed by atoms with van der Waals surface area (Å²) in [6, 6.07) is 14.3. The van der Waals surface area contributed by atoms with Gasteiger partial charge in [0.25, 0.3) is 0 Å². The number of carbonyl (C=O) groups excluding carboxylic acids is 1. The molecule has 0 saturated carbocycles. The van der Waals surface area contributed by atoms with Crippen molar-refractivity contribution in [3.8, 4) is 5.69 Å². The van der Waals surface area contributed by atoms with E-state index in [4.69, 9.17) is 5.73 Å². The highest BCUT2D eigenvalue weighted by Crippen LogP contribution is 2.37. The molecule has 8 heteroatoms. The van der Waals surface area contributed by atoms with Crippen molar-refractivity contribution in [2.45, 2.75) is 36.6 Å². The van der Waals surface area contributed by atoms with Gasteiger partial charge in [0, 0.05) is 18.0 Å². The van der Waals surface area contributed by atoms with Crippen LogP contribution < -0.4 is 11.1 Å². The maximum atomic E-state index is 12.6. The smallest absolute Gasteiger partial charge is 0.234 e. The lowest BCUT2D eigenvalue weighted by Gasteiger charge is -2.11. The molecule has 0 aliphatic carbocycles. The first kappa shape index (κ1) is 20.4. The zero-order valence-electron chi connectivity index (χ0n) is 15.5. The molecular formula is C20H22ClN5OS. The zero-order valence-corrected chi connectivity index (χ0v) is 17.1. The van der Waals surface area contributed by atoms with Gasteiger partial charge in [-0.05, 0) is 42.7 Å². The van der Waals surface area contributed by atoms with Gasteiger partial charge < -0.3 is 11.1 Å². The number of aromatic nitrogens is 3. The van der Waals surface area contributed by atoms with E-state index in [9.17, 15) is 4.79 Å². The molecule has 28 heavy (non-hydrogen) atoms. The van der Waals surface area contributed by atoms with E-state index in [1.165, 1.54) is 16.0 Å². The Bertz CT molecular complexity index is 990. The summed E-state index contributed by atoms with van der Waals surface area (Å²) >= 11 is 1.65. The fourth-order valence-corrected chi connectivity index (χ4v) is 4.43. The average Bonchev–Trinajstić information content (AvgIpc) is 3.33. The highest BCUT2D eigenvalue weighted by molar-refractivity contribution is 8.01. The molecule has 1 aromatic heterocycles. The minimum Gasteiger partial charge on any atom is -0.351 e. The predicted octanol–water partition coefficient (Wildman–Crippen LogP) is 2.79. The monoisotopic (exact) mass is 415 g/mol. The van der Waals surface area contributed by atoms with E-state index in [0.717, 1.165) is 23.4 Å². The minimum absolute atomic E-state index is 0. The number of amides is 1. The molecule has 1 atom stereocenters. The van der Waals surface area contributed by atoms with Crippen LogP contribution in [0.1, 0.15) is 22.4 Å². The van der Waals surface area contributed by atoms with Gasteiger partial charge >= 0.3 is 0 Å². The summed E-state index contributed by atoms with van der Waals surface area (Å²) in [6.45, 7) is 2.92. The summed E-state index contributed by atoms with van der Waals surface area (Å²) in [5, 5.41) is 11.1. The topological polar surface area (TPSA) is 85.8 Å². The summed E-state index contributed by atoms with van der Waals surface area (Å²) in [5.74, 6) is 0.0745. The molecule has 1 aliphatic rings. The van der Waals surface area contributed by atoms with Crippen LogP contribution in [0.5, 0.6) is 0 Å². The molecule has 1 amide bonds. The van der Waals surface area contributed by atoms with Crippen molar-refractivity contribution in [3.05, 3.63) is 71.0 Å². The lowest BCUT2D eigenvalue weighted by atomic mass is 10.1. The Morgan fingerprint density at radius 2 is 2.18 bits per heavy atom. The van der Waals surface area contributed by atoms with Gasteiger partial charge in [-0.1, -0.05) is 35.0 Å². The lowest BCUT2D eigenvalue weighted by Crippen LogP contribution is -2.32. The molecule has 3 aromatic rings. The van der Waals surface area contributed by atoms with Crippen LogP contribution in [0.15, 0.2) is 53.6 Å². The van der Waals surface area contributed by atoms with Crippen LogP contribution in [-0.2, 0) is 24.3 Å². The third-order valence-electron chi connectivity index (χ3n) is 4.58. The maximum absolute atomic E-state index is 12.6. The number of carbonyl (C=O) groups is 1. The lowest BCUT2D eigenvalue weighted by molar-refractivity contribution is -0.120. The van der Waals surface area contributed by atoms with Gasteiger partial charge in [0.2, 0.25) is 5.91 Å². The molecule has 0 spiro atoms. The quantitative estimate of drug-likeness (QED) is 0.669. The summed E-state index contributed by atoms with van der Waals surface area (Å²) in [6.07, 6.45) is 2.60. The van der Waals surface area contributed by atoms with Crippen LogP contribution in [0, 0.1) is 6.92 Å². The van der Waals surface area contributed by atoms with Crippen molar-refractivity contribution in [3.63, 3.8) is 0 Å². The molecule has 2 heterocycles. The number of nitrogens with two attached hydrogens (primary N) is 1. The molecule has 1 unspecified atom stereocenters. The molecule has 0 saturated heterocycles. The Balaban J connectivity index is 0.00000225. The third-order valence-corrected chi connectivity index (χ3v) is 5.88. The van der Waals surface area contributed by atoms with Gasteiger partial charge in [-0.25, -0.2) is 4.68 Å². The van der Waals surface area contributed by atoms with E-state index in [1.54, 1.807) is 16.4 Å². The maximum Gasteiger partial charge on any atom is 0.234 e. The molecule has 1 aliphatic heterocycles. The van der Waals surface area contributed by atoms with E-state index >= 15 is 0 Å². The van der Waals surface area contributed by atoms with Crippen LogP contribution in [0.3, 0.4) is 0 Å². The van der Waals surface area contributed by atoms with Gasteiger partial charge in [0.05, 0.1) is 22.8 Å². The highest BCUT2D eigenvalue weighted by Gasteiger charge is 2.28. The number of halogens is 1. The fourth-order valence-electron chi connectivity index (χ4n) is 3.11. The van der Waals surface area contributed by atoms with E-state index in [1.807, 2.05) is 30.5 Å². The minimum atomic E-state index is -0.0626. The van der Waals surface area contributed by atoms with Crippen LogP contribution in [-0.4, -0.2) is 26.2 Å². The van der Waals surface area contributed by atoms with Crippen LogP contribution in [0.4, 0.5) is 0 Å². The Morgan fingerprint density at radius 1 is 1.32 bits per heavy atom. The van der Waals surface area contributed by atoms with Crippen molar-refractivity contribution in [2.24, 2.45) is 5.73 Å². The molecular weight excluding hydrogens is 394 g/mol. The van der Waals surface area contributed by atoms with Crippen molar-refractivity contribution in [2.75, 3.05) is 0 Å². The van der Waals surface area contributed by atoms with E-state index in [2.05, 4.69) is 40.8 Å². The molecule has 0 fully saturated rings. The van der Waals surface area contributed by atoms with Crippen molar-refractivity contribution in [1.29, 1.82) is 0 Å². The number of nitrogens with zero attached hydrogens (tertiary/aromatic N) is 3. The largest absolute Gasteiger partial charge is 0.351 e. The standard InChI is InChI=1S/C20H21N5OS.ClH/c1-13-5-6-15-9-19(27-18(15)7-13)20(26)22-11-14-3-2-4-17(8-14)25-12-16(10-21)23-24-25;/h2-8,12,19H,9-11,21H2,1H3,(H,22,26);1H. The summed E-state index contributed by atoms with van der Waals surface area (Å²) in [7, 11) is 0. The van der Waals surface area contributed by atoms with Crippen molar-refractivity contribution in [1.82, 2.24) is 20.3 Å². The van der Waals surface area contributed by atoms with Crippen molar-refractivity contribution < 1.29 is 4.79 Å². The van der Waals surface area contributed by atoms with Crippen LogP contribution in [0.25, 0.3) is 5.69 Å². The van der Waals surface area contributed by atoms with Crippen LogP contribution in [0.2, 0.25) is 0 Å². The number of nitrogens with one attached hydrogen (secondary N) is 1. The summed E-state index contributed by atoms with van der Waals surface area (Å²) < 4.78 is 1.69. The molecule has 2 aromatic carbocycles. The number of rotatable bonds is 5. The molecule has 0 radical (unpaired) electrons. The number of fused-ring (bicyclic) bond motifs is 1. The van der Waals surface area contributed by atoms with E-state index < -0.39 is 0 Å². The van der Waals surface area contributed by atoms with E-state index in [-0.39, 0.29) is 23.6 Å². The number of aryl methyl sites for hydroxylation is 1. The molecule has 3 N–H and O–H groups in total. The molecule has 146 valence electrons. The van der Waals surface area contributed by atoms with Crippen molar-refractivity contribution >= 4 is 30.1 Å².